The van der Waals surface area contributed by atoms with Gasteiger partial charge in [-0.2, -0.15) is 0 Å². The number of aliphatic hydroxyl groups is 1. The number of ether oxygens (including phenoxy) is 3. The minimum atomic E-state index is -1.22. The summed E-state index contributed by atoms with van der Waals surface area (Å²) in [7, 11) is 1.61. The normalized spacial score (nSPS) is 21.8. The molecule has 0 unspecified atom stereocenters. The minimum absolute atomic E-state index is 0.0826. The van der Waals surface area contributed by atoms with E-state index in [1.54, 1.807) is 13.2 Å². The van der Waals surface area contributed by atoms with Crippen molar-refractivity contribution in [2.45, 2.75) is 37.3 Å². The van der Waals surface area contributed by atoms with E-state index in [4.69, 9.17) is 24.3 Å². The van der Waals surface area contributed by atoms with E-state index in [0.29, 0.717) is 36.8 Å². The lowest BCUT2D eigenvalue weighted by molar-refractivity contribution is -0.133. The van der Waals surface area contributed by atoms with Crippen molar-refractivity contribution in [3.63, 3.8) is 0 Å². The summed E-state index contributed by atoms with van der Waals surface area (Å²) >= 11 is 0. The molecule has 2 heterocycles. The largest absolute Gasteiger partial charge is 0.497 e. The average molecular weight is 480 g/mol. The SMILES string of the molecule is C=CC[C@]1(C(=O)NN2CCCC2)N=C(c2ccc(OCCCO)cc2)O[C@H]1c1cccc(OC)c1. The van der Waals surface area contributed by atoms with Crippen LogP contribution in [-0.2, 0) is 9.53 Å². The van der Waals surface area contributed by atoms with Gasteiger partial charge in [-0.3, -0.25) is 10.2 Å². The van der Waals surface area contributed by atoms with E-state index in [1.165, 1.54) is 0 Å². The van der Waals surface area contributed by atoms with Crippen LogP contribution in [0.2, 0.25) is 0 Å². The van der Waals surface area contributed by atoms with Gasteiger partial charge in [0.2, 0.25) is 5.90 Å². The number of rotatable bonds is 11. The molecule has 0 aromatic heterocycles. The molecule has 8 nitrogen and oxygen atoms in total. The molecule has 4 rings (SSSR count). The van der Waals surface area contributed by atoms with Crippen LogP contribution in [0.4, 0.5) is 0 Å². The van der Waals surface area contributed by atoms with Gasteiger partial charge in [-0.1, -0.05) is 18.2 Å². The molecule has 35 heavy (non-hydrogen) atoms. The highest BCUT2D eigenvalue weighted by Crippen LogP contribution is 2.43. The maximum Gasteiger partial charge on any atom is 0.266 e. The first-order valence-electron chi connectivity index (χ1n) is 12.0. The molecule has 2 aliphatic heterocycles. The second kappa shape index (κ2) is 11.4. The highest BCUT2D eigenvalue weighted by atomic mass is 16.5. The van der Waals surface area contributed by atoms with Crippen LogP contribution in [-0.4, -0.2) is 60.9 Å². The molecule has 1 amide bonds. The van der Waals surface area contributed by atoms with Crippen molar-refractivity contribution in [2.75, 3.05) is 33.4 Å². The molecule has 0 bridgehead atoms. The number of methoxy groups -OCH3 is 1. The first kappa shape index (κ1) is 24.8. The molecule has 2 atom stereocenters. The second-order valence-corrected chi connectivity index (χ2v) is 8.69. The van der Waals surface area contributed by atoms with Crippen LogP contribution >= 0.6 is 0 Å². The Balaban J connectivity index is 1.68. The Kier molecular flexibility index (Phi) is 8.05. The Morgan fingerprint density at radius 3 is 2.71 bits per heavy atom. The zero-order valence-corrected chi connectivity index (χ0v) is 20.1. The monoisotopic (exact) mass is 479 g/mol. The van der Waals surface area contributed by atoms with Crippen molar-refractivity contribution >= 4 is 11.8 Å². The molecule has 2 aliphatic rings. The van der Waals surface area contributed by atoms with Gasteiger partial charge in [0.1, 0.15) is 11.5 Å². The average Bonchev–Trinajstić information content (AvgIpc) is 3.54. The molecule has 2 aromatic rings. The van der Waals surface area contributed by atoms with Gasteiger partial charge in [0.05, 0.1) is 13.7 Å². The van der Waals surface area contributed by atoms with Crippen molar-refractivity contribution in [1.29, 1.82) is 0 Å². The summed E-state index contributed by atoms with van der Waals surface area (Å²) in [5.74, 6) is 1.54. The number of aliphatic imine (C=N–C) groups is 1. The van der Waals surface area contributed by atoms with Gasteiger partial charge in [0, 0.05) is 38.1 Å². The van der Waals surface area contributed by atoms with Crippen LogP contribution in [0.3, 0.4) is 0 Å². The molecule has 1 fully saturated rings. The molecule has 2 N–H and O–H groups in total. The lowest BCUT2D eigenvalue weighted by Crippen LogP contribution is -2.53. The van der Waals surface area contributed by atoms with Crippen LogP contribution in [0.25, 0.3) is 0 Å². The lowest BCUT2D eigenvalue weighted by atomic mass is 9.84. The number of amides is 1. The second-order valence-electron chi connectivity index (χ2n) is 8.69. The summed E-state index contributed by atoms with van der Waals surface area (Å²) < 4.78 is 17.5. The van der Waals surface area contributed by atoms with E-state index in [9.17, 15) is 4.79 Å². The number of hydrazine groups is 1. The molecule has 186 valence electrons. The topological polar surface area (TPSA) is 92.6 Å². The maximum absolute atomic E-state index is 13.8. The van der Waals surface area contributed by atoms with E-state index in [-0.39, 0.29) is 12.5 Å². The summed E-state index contributed by atoms with van der Waals surface area (Å²) in [6, 6.07) is 14.9. The van der Waals surface area contributed by atoms with Crippen LogP contribution in [0, 0.1) is 0 Å². The third-order valence-electron chi connectivity index (χ3n) is 6.25. The van der Waals surface area contributed by atoms with Gasteiger partial charge in [0.15, 0.2) is 11.6 Å². The minimum Gasteiger partial charge on any atom is -0.497 e. The van der Waals surface area contributed by atoms with E-state index in [0.717, 1.165) is 37.1 Å². The fraction of sp³-hybridized carbons (Fsp3) is 0.407. The van der Waals surface area contributed by atoms with Crippen molar-refractivity contribution in [3.05, 3.63) is 72.3 Å². The van der Waals surface area contributed by atoms with Gasteiger partial charge in [-0.25, -0.2) is 10.0 Å². The molecule has 2 aromatic carbocycles. The Hall–Kier alpha value is -3.36. The smallest absolute Gasteiger partial charge is 0.266 e. The summed E-state index contributed by atoms with van der Waals surface area (Å²) in [6.07, 6.45) is 4.02. The Labute approximate surface area is 206 Å². The first-order valence-corrected chi connectivity index (χ1v) is 12.0. The predicted octanol–water partition coefficient (Wildman–Crippen LogP) is 3.42. The number of aliphatic hydroxyl groups excluding tert-OH is 1. The van der Waals surface area contributed by atoms with Gasteiger partial charge < -0.3 is 19.3 Å². The number of hydrogen-bond acceptors (Lipinski definition) is 7. The van der Waals surface area contributed by atoms with Crippen molar-refractivity contribution < 1.29 is 24.1 Å². The van der Waals surface area contributed by atoms with Crippen LogP contribution < -0.4 is 14.9 Å². The summed E-state index contributed by atoms with van der Waals surface area (Å²) in [5, 5.41) is 10.9. The Morgan fingerprint density at radius 1 is 1.26 bits per heavy atom. The molecule has 1 saturated heterocycles. The zero-order chi connectivity index (χ0) is 24.7. The number of carbonyl (C=O) groups excluding carboxylic acids is 1. The number of nitrogens with one attached hydrogen (secondary N) is 1. The van der Waals surface area contributed by atoms with Gasteiger partial charge in [-0.05, 0) is 54.8 Å². The van der Waals surface area contributed by atoms with Gasteiger partial charge in [-0.15, -0.1) is 6.58 Å². The predicted molar refractivity (Wildman–Crippen MR) is 133 cm³/mol. The quantitative estimate of drug-likeness (QED) is 0.379. The molecule has 0 radical (unpaired) electrons. The molecule has 0 spiro atoms. The zero-order valence-electron chi connectivity index (χ0n) is 20.1. The molecule has 0 saturated carbocycles. The molecule has 0 aliphatic carbocycles. The number of carbonyl (C=O) groups is 1. The fourth-order valence-corrected chi connectivity index (χ4v) is 4.41. The van der Waals surface area contributed by atoms with Crippen LogP contribution in [0.5, 0.6) is 11.5 Å². The standard InChI is InChI=1S/C27H33N3O5/c1-3-14-27(26(32)29-30-15-4-5-16-30)24(21-8-6-9-23(19-21)33-2)35-25(28-27)20-10-12-22(13-11-20)34-18-7-17-31/h3,6,8-13,19,24,31H,1,4-5,7,14-18H2,2H3,(H,29,32)/t24-,27-/m0/s1. The highest BCUT2D eigenvalue weighted by Gasteiger charge is 2.53. The summed E-state index contributed by atoms with van der Waals surface area (Å²) in [5.41, 5.74) is 3.39. The van der Waals surface area contributed by atoms with Crippen molar-refractivity contribution in [1.82, 2.24) is 10.4 Å². The van der Waals surface area contributed by atoms with Crippen molar-refractivity contribution in [2.24, 2.45) is 4.99 Å². The third-order valence-corrected chi connectivity index (χ3v) is 6.25. The van der Waals surface area contributed by atoms with Crippen LogP contribution in [0.1, 0.15) is 42.9 Å². The van der Waals surface area contributed by atoms with E-state index < -0.39 is 11.6 Å². The fourth-order valence-electron chi connectivity index (χ4n) is 4.41. The number of nitrogens with zero attached hydrogens (tertiary/aromatic N) is 2. The van der Waals surface area contributed by atoms with E-state index >= 15 is 0 Å². The first-order chi connectivity index (χ1) is 17.1. The van der Waals surface area contributed by atoms with E-state index in [2.05, 4.69) is 12.0 Å². The van der Waals surface area contributed by atoms with Gasteiger partial charge >= 0.3 is 0 Å². The lowest BCUT2D eigenvalue weighted by Gasteiger charge is -2.31. The Bertz CT molecular complexity index is 1050. The number of hydrogen-bond donors (Lipinski definition) is 2. The third kappa shape index (κ3) is 5.49. The van der Waals surface area contributed by atoms with Crippen molar-refractivity contribution in [3.8, 4) is 11.5 Å². The molecule has 8 heteroatoms. The summed E-state index contributed by atoms with van der Waals surface area (Å²) in [4.78, 5) is 18.7. The maximum atomic E-state index is 13.8. The van der Waals surface area contributed by atoms with Gasteiger partial charge in [0.25, 0.3) is 5.91 Å². The van der Waals surface area contributed by atoms with E-state index in [1.807, 2.05) is 53.5 Å². The Morgan fingerprint density at radius 2 is 2.03 bits per heavy atom. The highest BCUT2D eigenvalue weighted by molar-refractivity contribution is 6.01. The summed E-state index contributed by atoms with van der Waals surface area (Å²) in [6.45, 7) is 6.06. The molecular formula is C27H33N3O5. The number of benzene rings is 2. The molecular weight excluding hydrogens is 446 g/mol. The van der Waals surface area contributed by atoms with Crippen LogP contribution in [0.15, 0.2) is 66.2 Å².